The standard InChI is InChI=1S/C21H22ClNO4/c1-4-11-27-18-10-7-16(12-19(18)26-3)14(2)13-23-21(25)20(24)15-5-8-17(22)9-6-15/h1,5-10,12,14,20,24H,11,13H2,2-3H3,(H,23,25)/t14-,20?/m1/s1. The highest BCUT2D eigenvalue weighted by Crippen LogP contribution is 2.30. The van der Waals surface area contributed by atoms with Crippen molar-refractivity contribution in [1.82, 2.24) is 5.32 Å². The molecule has 2 atom stereocenters. The van der Waals surface area contributed by atoms with Gasteiger partial charge in [-0.2, -0.15) is 0 Å². The Morgan fingerprint density at radius 3 is 2.52 bits per heavy atom. The number of aliphatic hydroxyl groups excluding tert-OH is 1. The van der Waals surface area contributed by atoms with Crippen LogP contribution in [-0.2, 0) is 4.79 Å². The van der Waals surface area contributed by atoms with Gasteiger partial charge in [-0.1, -0.05) is 42.6 Å². The maximum absolute atomic E-state index is 12.2. The predicted molar refractivity (Wildman–Crippen MR) is 105 cm³/mol. The van der Waals surface area contributed by atoms with Crippen LogP contribution in [0.25, 0.3) is 0 Å². The fourth-order valence-electron chi connectivity index (χ4n) is 2.49. The van der Waals surface area contributed by atoms with Gasteiger partial charge in [-0.15, -0.1) is 6.42 Å². The number of aliphatic hydroxyl groups is 1. The molecule has 0 aromatic heterocycles. The zero-order valence-electron chi connectivity index (χ0n) is 15.2. The van der Waals surface area contributed by atoms with Crippen molar-refractivity contribution in [2.45, 2.75) is 18.9 Å². The molecular weight excluding hydrogens is 366 g/mol. The lowest BCUT2D eigenvalue weighted by Crippen LogP contribution is -2.32. The molecule has 2 aromatic carbocycles. The summed E-state index contributed by atoms with van der Waals surface area (Å²) >= 11 is 5.82. The third-order valence-electron chi connectivity index (χ3n) is 4.08. The second-order valence-corrected chi connectivity index (χ2v) is 6.44. The maximum Gasteiger partial charge on any atom is 0.253 e. The van der Waals surface area contributed by atoms with Crippen molar-refractivity contribution in [3.63, 3.8) is 0 Å². The molecule has 0 saturated heterocycles. The Labute approximate surface area is 164 Å². The number of hydrogen-bond donors (Lipinski definition) is 2. The van der Waals surface area contributed by atoms with Gasteiger partial charge in [-0.3, -0.25) is 4.79 Å². The Bertz CT molecular complexity index is 814. The lowest BCUT2D eigenvalue weighted by Gasteiger charge is -2.17. The molecule has 0 fully saturated rings. The molecule has 142 valence electrons. The molecule has 5 nitrogen and oxygen atoms in total. The smallest absolute Gasteiger partial charge is 0.253 e. The van der Waals surface area contributed by atoms with Gasteiger partial charge in [0.1, 0.15) is 6.61 Å². The van der Waals surface area contributed by atoms with Gasteiger partial charge in [-0.25, -0.2) is 0 Å². The summed E-state index contributed by atoms with van der Waals surface area (Å²) < 4.78 is 10.8. The van der Waals surface area contributed by atoms with E-state index in [4.69, 9.17) is 27.5 Å². The first-order valence-corrected chi connectivity index (χ1v) is 8.79. The van der Waals surface area contributed by atoms with Crippen molar-refractivity contribution < 1.29 is 19.4 Å². The van der Waals surface area contributed by atoms with E-state index in [0.717, 1.165) is 5.56 Å². The third kappa shape index (κ3) is 5.65. The number of carbonyl (C=O) groups excluding carboxylic acids is 1. The fraction of sp³-hybridized carbons (Fsp3) is 0.286. The summed E-state index contributed by atoms with van der Waals surface area (Å²) in [7, 11) is 1.55. The first-order chi connectivity index (χ1) is 13.0. The van der Waals surface area contributed by atoms with Crippen molar-refractivity contribution in [3.8, 4) is 23.8 Å². The highest BCUT2D eigenvalue weighted by molar-refractivity contribution is 6.30. The first-order valence-electron chi connectivity index (χ1n) is 8.41. The minimum Gasteiger partial charge on any atom is -0.493 e. The number of benzene rings is 2. The number of amides is 1. The first kappa shape index (κ1) is 20.6. The van der Waals surface area contributed by atoms with Gasteiger partial charge >= 0.3 is 0 Å². The van der Waals surface area contributed by atoms with E-state index in [1.54, 1.807) is 37.4 Å². The van der Waals surface area contributed by atoms with E-state index in [0.29, 0.717) is 28.6 Å². The second kappa shape index (κ2) is 9.86. The molecule has 6 heteroatoms. The van der Waals surface area contributed by atoms with Gasteiger partial charge in [-0.05, 0) is 41.3 Å². The lowest BCUT2D eigenvalue weighted by atomic mass is 10.00. The highest BCUT2D eigenvalue weighted by atomic mass is 35.5. The molecule has 0 aliphatic rings. The zero-order chi connectivity index (χ0) is 19.8. The topological polar surface area (TPSA) is 67.8 Å². The summed E-state index contributed by atoms with van der Waals surface area (Å²) in [6.07, 6.45) is 3.96. The molecule has 0 heterocycles. The Kier molecular flexibility index (Phi) is 7.54. The molecule has 0 spiro atoms. The van der Waals surface area contributed by atoms with Crippen LogP contribution in [0, 0.1) is 12.3 Å². The molecule has 1 amide bonds. The van der Waals surface area contributed by atoms with Crippen molar-refractivity contribution >= 4 is 17.5 Å². The summed E-state index contributed by atoms with van der Waals surface area (Å²) in [5.41, 5.74) is 1.45. The number of nitrogens with one attached hydrogen (secondary N) is 1. The average Bonchev–Trinajstić information content (AvgIpc) is 2.70. The monoisotopic (exact) mass is 387 g/mol. The SMILES string of the molecule is C#CCOc1ccc([C@H](C)CNC(=O)C(O)c2ccc(Cl)cc2)cc1OC. The van der Waals surface area contributed by atoms with Crippen LogP contribution in [0.4, 0.5) is 0 Å². The predicted octanol–water partition coefficient (Wildman–Crippen LogP) is 3.31. The summed E-state index contributed by atoms with van der Waals surface area (Å²) in [6, 6.07) is 12.0. The Morgan fingerprint density at radius 1 is 1.22 bits per heavy atom. The summed E-state index contributed by atoms with van der Waals surface area (Å²) in [5, 5.41) is 13.5. The molecule has 27 heavy (non-hydrogen) atoms. The van der Waals surface area contributed by atoms with E-state index in [1.165, 1.54) is 0 Å². The number of halogens is 1. The van der Waals surface area contributed by atoms with E-state index in [2.05, 4.69) is 11.2 Å². The Hall–Kier alpha value is -2.68. The van der Waals surface area contributed by atoms with Crippen LogP contribution in [0.15, 0.2) is 42.5 Å². The number of terminal acetylenes is 1. The molecule has 0 bridgehead atoms. The summed E-state index contributed by atoms with van der Waals surface area (Å²) in [5.74, 6) is 3.08. The number of methoxy groups -OCH3 is 1. The largest absolute Gasteiger partial charge is 0.493 e. The van der Waals surface area contributed by atoms with Gasteiger partial charge < -0.3 is 19.9 Å². The van der Waals surface area contributed by atoms with Crippen LogP contribution in [0.2, 0.25) is 5.02 Å². The van der Waals surface area contributed by atoms with E-state index in [-0.39, 0.29) is 12.5 Å². The van der Waals surface area contributed by atoms with E-state index in [1.807, 2.05) is 19.1 Å². The molecule has 2 rings (SSSR count). The average molecular weight is 388 g/mol. The van der Waals surface area contributed by atoms with Crippen LogP contribution in [0.3, 0.4) is 0 Å². The molecule has 0 radical (unpaired) electrons. The van der Waals surface area contributed by atoms with Crippen molar-refractivity contribution in [1.29, 1.82) is 0 Å². The number of rotatable bonds is 8. The molecular formula is C21H22ClNO4. The fourth-order valence-corrected chi connectivity index (χ4v) is 2.62. The summed E-state index contributed by atoms with van der Waals surface area (Å²) in [4.78, 5) is 12.2. The van der Waals surface area contributed by atoms with Crippen LogP contribution >= 0.6 is 11.6 Å². The van der Waals surface area contributed by atoms with E-state index < -0.39 is 12.0 Å². The number of hydrogen-bond acceptors (Lipinski definition) is 4. The second-order valence-electron chi connectivity index (χ2n) is 6.00. The number of carbonyl (C=O) groups is 1. The van der Waals surface area contributed by atoms with Crippen LogP contribution < -0.4 is 14.8 Å². The van der Waals surface area contributed by atoms with Crippen LogP contribution in [0.5, 0.6) is 11.5 Å². The molecule has 2 N–H and O–H groups in total. The quantitative estimate of drug-likeness (QED) is 0.682. The van der Waals surface area contributed by atoms with Crippen LogP contribution in [0.1, 0.15) is 30.1 Å². The summed E-state index contributed by atoms with van der Waals surface area (Å²) in [6.45, 7) is 2.48. The molecule has 0 aliphatic carbocycles. The molecule has 2 aromatic rings. The highest BCUT2D eigenvalue weighted by Gasteiger charge is 2.18. The van der Waals surface area contributed by atoms with Gasteiger partial charge in [0.2, 0.25) is 0 Å². The van der Waals surface area contributed by atoms with Crippen molar-refractivity contribution in [2.75, 3.05) is 20.3 Å². The maximum atomic E-state index is 12.2. The third-order valence-corrected chi connectivity index (χ3v) is 4.34. The molecule has 0 saturated carbocycles. The number of ether oxygens (including phenoxy) is 2. The Morgan fingerprint density at radius 2 is 1.89 bits per heavy atom. The zero-order valence-corrected chi connectivity index (χ0v) is 16.0. The minimum atomic E-state index is -1.25. The molecule has 0 aliphatic heterocycles. The van der Waals surface area contributed by atoms with Crippen molar-refractivity contribution in [3.05, 3.63) is 58.6 Å². The van der Waals surface area contributed by atoms with Crippen molar-refractivity contribution in [2.24, 2.45) is 0 Å². The van der Waals surface area contributed by atoms with E-state index in [9.17, 15) is 9.90 Å². The van der Waals surface area contributed by atoms with Crippen LogP contribution in [-0.4, -0.2) is 31.3 Å². The van der Waals surface area contributed by atoms with Gasteiger partial charge in [0.15, 0.2) is 17.6 Å². The lowest BCUT2D eigenvalue weighted by molar-refractivity contribution is -0.129. The van der Waals surface area contributed by atoms with E-state index >= 15 is 0 Å². The van der Waals surface area contributed by atoms with Gasteiger partial charge in [0, 0.05) is 11.6 Å². The normalized spacial score (nSPS) is 12.6. The molecule has 1 unspecified atom stereocenters. The van der Waals surface area contributed by atoms with Gasteiger partial charge in [0.05, 0.1) is 7.11 Å². The minimum absolute atomic E-state index is 0.00181. The van der Waals surface area contributed by atoms with Gasteiger partial charge in [0.25, 0.3) is 5.91 Å². The Balaban J connectivity index is 1.98.